The summed E-state index contributed by atoms with van der Waals surface area (Å²) in [7, 11) is 1.00. The van der Waals surface area contributed by atoms with Crippen LogP contribution in [0.4, 0.5) is 0 Å². The maximum atomic E-state index is 9.60. The van der Waals surface area contributed by atoms with Crippen LogP contribution in [0.15, 0.2) is 12.2 Å². The second kappa shape index (κ2) is 22.4. The zero-order valence-corrected chi connectivity index (χ0v) is 9.23. The fourth-order valence-corrected chi connectivity index (χ4v) is 0. The quantitative estimate of drug-likeness (QED) is 0.430. The van der Waals surface area contributed by atoms with Crippen molar-refractivity contribution in [2.45, 2.75) is 13.8 Å². The maximum absolute atomic E-state index is 9.60. The Hall–Kier alpha value is -0.156. The molecule has 0 atom stereocenters. The van der Waals surface area contributed by atoms with Crippen LogP contribution in [-0.2, 0) is 26.5 Å². The third kappa shape index (κ3) is 52.1. The summed E-state index contributed by atoms with van der Waals surface area (Å²) in [5.74, 6) is -0.935. The standard InChI is InChI=1S/C4H6O2.C2H6O.CH4O.Ti/c1-3(2)4(5)6;1-2-3;1-2;/h1H2,2H3,(H,5,6);3H,2H2,1H3;2H,1H3;. The first-order valence-corrected chi connectivity index (χ1v) is 3.00. The number of carboxylic acid groups (broad SMARTS) is 1. The van der Waals surface area contributed by atoms with Gasteiger partial charge in [-0.1, -0.05) is 6.58 Å². The van der Waals surface area contributed by atoms with Crippen molar-refractivity contribution in [2.75, 3.05) is 13.7 Å². The fourth-order valence-electron chi connectivity index (χ4n) is 0. The number of rotatable bonds is 1. The van der Waals surface area contributed by atoms with Gasteiger partial charge in [0.25, 0.3) is 0 Å². The molecule has 0 aromatic rings. The van der Waals surface area contributed by atoms with Gasteiger partial charge in [0.2, 0.25) is 0 Å². The van der Waals surface area contributed by atoms with E-state index in [4.69, 9.17) is 15.3 Å². The fraction of sp³-hybridized carbons (Fsp3) is 0.571. The van der Waals surface area contributed by atoms with Gasteiger partial charge in [0, 0.05) is 41.0 Å². The van der Waals surface area contributed by atoms with Crippen molar-refractivity contribution in [3.63, 3.8) is 0 Å². The Balaban J connectivity index is -0.0000000462. The monoisotopic (exact) mass is 212 g/mol. The van der Waals surface area contributed by atoms with E-state index in [1.807, 2.05) is 0 Å². The molecule has 0 saturated heterocycles. The summed E-state index contributed by atoms with van der Waals surface area (Å²) in [5, 5.41) is 22.5. The molecule has 0 aromatic carbocycles. The average molecular weight is 212 g/mol. The summed E-state index contributed by atoms with van der Waals surface area (Å²) in [6, 6.07) is 0. The molecule has 0 spiro atoms. The predicted octanol–water partition coefficient (Wildman–Crippen LogP) is 0.252. The van der Waals surface area contributed by atoms with E-state index in [0.29, 0.717) is 0 Å². The molecule has 4 nitrogen and oxygen atoms in total. The minimum absolute atomic E-state index is 0. The summed E-state index contributed by atoms with van der Waals surface area (Å²) in [5.41, 5.74) is 0.176. The summed E-state index contributed by atoms with van der Waals surface area (Å²) in [6.07, 6.45) is 0. The first-order valence-electron chi connectivity index (χ1n) is 3.00. The minimum Gasteiger partial charge on any atom is -0.478 e. The second-order valence-corrected chi connectivity index (χ2v) is 1.40. The molecular weight excluding hydrogens is 196 g/mol. The zero-order chi connectivity index (χ0) is 9.86. The van der Waals surface area contributed by atoms with Gasteiger partial charge in [0.05, 0.1) is 0 Å². The molecule has 5 heteroatoms. The molecule has 0 amide bonds. The topological polar surface area (TPSA) is 77.8 Å². The van der Waals surface area contributed by atoms with Gasteiger partial charge in [0.1, 0.15) is 0 Å². The smallest absolute Gasteiger partial charge is 0.330 e. The van der Waals surface area contributed by atoms with E-state index in [1.165, 1.54) is 6.92 Å². The molecule has 0 aliphatic heterocycles. The summed E-state index contributed by atoms with van der Waals surface area (Å²) in [4.78, 5) is 9.60. The first kappa shape index (κ1) is 22.6. The average Bonchev–Trinajstić information content (AvgIpc) is 1.93. The number of hydrogen-bond acceptors (Lipinski definition) is 3. The van der Waals surface area contributed by atoms with Gasteiger partial charge in [-0.2, -0.15) is 0 Å². The van der Waals surface area contributed by atoms with Crippen molar-refractivity contribution < 1.29 is 41.8 Å². The van der Waals surface area contributed by atoms with Gasteiger partial charge in [-0.05, 0) is 13.8 Å². The van der Waals surface area contributed by atoms with Crippen molar-refractivity contribution >= 4 is 5.97 Å². The number of aliphatic hydroxyl groups is 2. The Morgan fingerprint density at radius 3 is 1.50 bits per heavy atom. The Bertz CT molecular complexity index is 91.6. The molecule has 3 N–H and O–H groups in total. The van der Waals surface area contributed by atoms with Gasteiger partial charge in [0.15, 0.2) is 0 Å². The van der Waals surface area contributed by atoms with E-state index < -0.39 is 5.97 Å². The zero-order valence-electron chi connectivity index (χ0n) is 7.66. The second-order valence-electron chi connectivity index (χ2n) is 1.40. The van der Waals surface area contributed by atoms with Crippen LogP contribution in [0.2, 0.25) is 0 Å². The van der Waals surface area contributed by atoms with E-state index in [2.05, 4.69) is 6.58 Å². The van der Waals surface area contributed by atoms with Gasteiger partial charge in [-0.3, -0.25) is 0 Å². The van der Waals surface area contributed by atoms with Gasteiger partial charge >= 0.3 is 5.97 Å². The SMILES string of the molecule is C=C(C)C(=O)O.CCO.CO.[Ti]. The molecule has 0 heterocycles. The Kier molecular flexibility index (Phi) is 42.3. The molecule has 0 fully saturated rings. The van der Waals surface area contributed by atoms with Crippen molar-refractivity contribution in [1.29, 1.82) is 0 Å². The van der Waals surface area contributed by atoms with Crippen LogP contribution in [-0.4, -0.2) is 35.0 Å². The number of aliphatic carboxylic acids is 1. The molecule has 0 aliphatic carbocycles. The third-order valence-corrected chi connectivity index (χ3v) is 0.365. The van der Waals surface area contributed by atoms with Crippen molar-refractivity contribution in [3.05, 3.63) is 12.2 Å². The van der Waals surface area contributed by atoms with Crippen LogP contribution >= 0.6 is 0 Å². The summed E-state index contributed by atoms with van der Waals surface area (Å²) >= 11 is 0. The van der Waals surface area contributed by atoms with Crippen LogP contribution in [0.1, 0.15) is 13.8 Å². The number of carboxylic acids is 1. The molecule has 0 radical (unpaired) electrons. The van der Waals surface area contributed by atoms with E-state index in [1.54, 1.807) is 6.92 Å². The normalized spacial score (nSPS) is 5.75. The van der Waals surface area contributed by atoms with Crippen LogP contribution in [0.3, 0.4) is 0 Å². The van der Waals surface area contributed by atoms with E-state index >= 15 is 0 Å². The molecule has 12 heavy (non-hydrogen) atoms. The van der Waals surface area contributed by atoms with E-state index in [9.17, 15) is 4.79 Å². The molecule has 0 bridgehead atoms. The van der Waals surface area contributed by atoms with Crippen molar-refractivity contribution in [2.24, 2.45) is 0 Å². The number of carbonyl (C=O) groups is 1. The number of hydrogen-bond donors (Lipinski definition) is 3. The Labute approximate surface area is 87.8 Å². The van der Waals surface area contributed by atoms with E-state index in [-0.39, 0.29) is 33.9 Å². The molecule has 0 saturated carbocycles. The third-order valence-electron chi connectivity index (χ3n) is 0.365. The van der Waals surface area contributed by atoms with Gasteiger partial charge in [-0.25, -0.2) is 4.79 Å². The van der Waals surface area contributed by atoms with E-state index in [0.717, 1.165) is 7.11 Å². The van der Waals surface area contributed by atoms with Crippen LogP contribution in [0.5, 0.6) is 0 Å². The van der Waals surface area contributed by atoms with Crippen LogP contribution < -0.4 is 0 Å². The maximum Gasteiger partial charge on any atom is 0.330 e. The summed E-state index contributed by atoms with van der Waals surface area (Å²) in [6.45, 7) is 6.53. The Morgan fingerprint density at radius 1 is 1.42 bits per heavy atom. The molecule has 0 aromatic heterocycles. The number of aliphatic hydroxyl groups excluding tert-OH is 2. The summed E-state index contributed by atoms with van der Waals surface area (Å²) < 4.78 is 0. The van der Waals surface area contributed by atoms with Crippen molar-refractivity contribution in [3.8, 4) is 0 Å². The molecular formula is C7H16O4Ti. The van der Waals surface area contributed by atoms with Gasteiger partial charge in [-0.15, -0.1) is 0 Å². The molecule has 0 aliphatic rings. The molecule has 0 unspecified atom stereocenters. The van der Waals surface area contributed by atoms with Gasteiger partial charge < -0.3 is 15.3 Å². The minimum atomic E-state index is -0.935. The Morgan fingerprint density at radius 2 is 1.50 bits per heavy atom. The largest absolute Gasteiger partial charge is 0.478 e. The first-order chi connectivity index (χ1) is 5.06. The van der Waals surface area contributed by atoms with Crippen LogP contribution in [0.25, 0.3) is 0 Å². The molecule has 0 rings (SSSR count). The predicted molar refractivity (Wildman–Crippen MR) is 43.4 cm³/mol. The van der Waals surface area contributed by atoms with Crippen molar-refractivity contribution in [1.82, 2.24) is 0 Å². The van der Waals surface area contributed by atoms with Crippen LogP contribution in [0, 0.1) is 0 Å². The molecule has 72 valence electrons.